The number of methoxy groups -OCH3 is 1. The number of aliphatic hydroxyl groups excluding tert-OH is 1. The summed E-state index contributed by atoms with van der Waals surface area (Å²) in [7, 11) is 4.88. The van der Waals surface area contributed by atoms with E-state index in [1.165, 1.54) is 11.8 Å². The minimum absolute atomic E-state index is 0.212. The molecular formula is C10H16BrN3O3. The first kappa shape index (κ1) is 14.1. The van der Waals surface area contributed by atoms with Gasteiger partial charge >= 0.3 is 0 Å². The number of rotatable bonds is 5. The van der Waals surface area contributed by atoms with Gasteiger partial charge in [-0.15, -0.1) is 0 Å². The van der Waals surface area contributed by atoms with E-state index in [1.54, 1.807) is 25.2 Å². The molecule has 0 saturated heterocycles. The summed E-state index contributed by atoms with van der Waals surface area (Å²) in [5.41, 5.74) is 0.429. The highest BCUT2D eigenvalue weighted by Crippen LogP contribution is 2.19. The van der Waals surface area contributed by atoms with Crippen LogP contribution in [0.1, 0.15) is 0 Å². The first-order valence-electron chi connectivity index (χ1n) is 5.07. The molecule has 1 heterocycles. The molecule has 0 aliphatic rings. The second-order valence-electron chi connectivity index (χ2n) is 3.76. The van der Waals surface area contributed by atoms with Gasteiger partial charge in [-0.25, -0.2) is 4.68 Å². The lowest BCUT2D eigenvalue weighted by molar-refractivity contribution is 0.0695. The Balaban J connectivity index is 2.86. The molecule has 1 aromatic heterocycles. The Bertz CT molecular complexity index is 435. The van der Waals surface area contributed by atoms with Gasteiger partial charge in [0.05, 0.1) is 24.6 Å². The lowest BCUT2D eigenvalue weighted by Crippen LogP contribution is -2.33. The summed E-state index contributed by atoms with van der Waals surface area (Å²) in [5, 5.41) is 13.5. The van der Waals surface area contributed by atoms with Gasteiger partial charge in [0, 0.05) is 27.7 Å². The Morgan fingerprint density at radius 1 is 1.71 bits per heavy atom. The van der Waals surface area contributed by atoms with Gasteiger partial charge in [-0.1, -0.05) is 0 Å². The second-order valence-corrected chi connectivity index (χ2v) is 4.56. The van der Waals surface area contributed by atoms with Crippen molar-refractivity contribution in [2.24, 2.45) is 7.05 Å². The van der Waals surface area contributed by atoms with Crippen molar-refractivity contribution in [1.29, 1.82) is 0 Å². The van der Waals surface area contributed by atoms with Crippen molar-refractivity contribution in [3.63, 3.8) is 0 Å². The molecule has 7 heteroatoms. The molecule has 0 aliphatic heterocycles. The Hall–Kier alpha value is -0.920. The van der Waals surface area contributed by atoms with Crippen LogP contribution in [0.3, 0.4) is 0 Å². The van der Waals surface area contributed by atoms with E-state index in [4.69, 9.17) is 4.74 Å². The summed E-state index contributed by atoms with van der Waals surface area (Å²) in [6, 6.07) is 0. The molecule has 17 heavy (non-hydrogen) atoms. The van der Waals surface area contributed by atoms with E-state index < -0.39 is 6.10 Å². The van der Waals surface area contributed by atoms with E-state index in [1.807, 2.05) is 0 Å². The van der Waals surface area contributed by atoms with Crippen LogP contribution < -0.4 is 10.5 Å². The number of halogens is 1. The molecule has 96 valence electrons. The van der Waals surface area contributed by atoms with Crippen LogP contribution in [0.5, 0.6) is 0 Å². The third kappa shape index (κ3) is 3.52. The maximum Gasteiger partial charge on any atom is 0.282 e. The van der Waals surface area contributed by atoms with Crippen LogP contribution in [0.2, 0.25) is 0 Å². The van der Waals surface area contributed by atoms with Crippen molar-refractivity contribution in [3.8, 4) is 0 Å². The number of aliphatic hydroxyl groups is 1. The van der Waals surface area contributed by atoms with Gasteiger partial charge in [0.2, 0.25) is 0 Å². The van der Waals surface area contributed by atoms with Crippen LogP contribution in [-0.4, -0.2) is 48.3 Å². The molecule has 0 bridgehead atoms. The summed E-state index contributed by atoms with van der Waals surface area (Å²) in [4.78, 5) is 13.4. The number of ether oxygens (including phenoxy) is 1. The van der Waals surface area contributed by atoms with Crippen LogP contribution in [0.25, 0.3) is 0 Å². The fourth-order valence-electron chi connectivity index (χ4n) is 1.43. The molecule has 0 spiro atoms. The molecule has 0 radical (unpaired) electrons. The molecule has 1 N–H and O–H groups in total. The molecule has 0 aliphatic carbocycles. The topological polar surface area (TPSA) is 67.6 Å². The molecule has 1 unspecified atom stereocenters. The number of hydrogen-bond acceptors (Lipinski definition) is 5. The fourth-order valence-corrected chi connectivity index (χ4v) is 2.09. The molecule has 0 amide bonds. The predicted octanol–water partition coefficient (Wildman–Crippen LogP) is -0.0137. The van der Waals surface area contributed by atoms with E-state index in [0.717, 1.165) is 0 Å². The Morgan fingerprint density at radius 2 is 2.35 bits per heavy atom. The summed E-state index contributed by atoms with van der Waals surface area (Å²) >= 11 is 3.23. The van der Waals surface area contributed by atoms with E-state index in [2.05, 4.69) is 21.0 Å². The summed E-state index contributed by atoms with van der Waals surface area (Å²) in [6.45, 7) is 0.613. The fraction of sp³-hybridized carbons (Fsp3) is 0.600. The molecular weight excluding hydrogens is 290 g/mol. The molecule has 6 nitrogen and oxygen atoms in total. The van der Waals surface area contributed by atoms with Crippen molar-refractivity contribution in [2.75, 3.05) is 32.2 Å². The van der Waals surface area contributed by atoms with E-state index in [9.17, 15) is 9.90 Å². The van der Waals surface area contributed by atoms with Gasteiger partial charge in [0.15, 0.2) is 0 Å². The highest BCUT2D eigenvalue weighted by Gasteiger charge is 2.14. The number of likely N-dealkylation sites (N-methyl/N-ethyl adjacent to an activating group) is 1. The maximum atomic E-state index is 11.6. The number of hydrogen-bond donors (Lipinski definition) is 1. The maximum absolute atomic E-state index is 11.6. The van der Waals surface area contributed by atoms with Crippen LogP contribution in [0.4, 0.5) is 5.69 Å². The predicted molar refractivity (Wildman–Crippen MR) is 68.3 cm³/mol. The van der Waals surface area contributed by atoms with Crippen molar-refractivity contribution in [1.82, 2.24) is 9.78 Å². The zero-order valence-electron chi connectivity index (χ0n) is 10.1. The van der Waals surface area contributed by atoms with Crippen LogP contribution >= 0.6 is 15.9 Å². The van der Waals surface area contributed by atoms with E-state index in [-0.39, 0.29) is 12.2 Å². The number of aromatic nitrogens is 2. The summed E-state index contributed by atoms with van der Waals surface area (Å²) < 4.78 is 6.52. The molecule has 1 atom stereocenters. The Kier molecular flexibility index (Phi) is 5.10. The highest BCUT2D eigenvalue weighted by molar-refractivity contribution is 9.10. The standard InChI is InChI=1S/C10H16BrN3O3/c1-13(5-7(15)6-17-3)8-4-12-14(2)10(16)9(8)11/h4,7,15H,5-6H2,1-3H3. The van der Waals surface area contributed by atoms with Gasteiger partial charge in [-0.3, -0.25) is 4.79 Å². The van der Waals surface area contributed by atoms with Crippen molar-refractivity contribution in [3.05, 3.63) is 21.0 Å². The first-order chi connectivity index (χ1) is 7.97. The van der Waals surface area contributed by atoms with Crippen LogP contribution in [0, 0.1) is 0 Å². The average molecular weight is 306 g/mol. The van der Waals surface area contributed by atoms with Gasteiger partial charge < -0.3 is 14.7 Å². The van der Waals surface area contributed by atoms with Crippen molar-refractivity contribution in [2.45, 2.75) is 6.10 Å². The smallest absolute Gasteiger partial charge is 0.282 e. The minimum atomic E-state index is -0.610. The number of anilines is 1. The van der Waals surface area contributed by atoms with Crippen LogP contribution in [0.15, 0.2) is 15.5 Å². The van der Waals surface area contributed by atoms with Crippen LogP contribution in [-0.2, 0) is 11.8 Å². The summed E-state index contributed by atoms with van der Waals surface area (Å²) in [6.07, 6.45) is 0.964. The van der Waals surface area contributed by atoms with Gasteiger partial charge in [0.25, 0.3) is 5.56 Å². The Morgan fingerprint density at radius 3 is 2.94 bits per heavy atom. The SMILES string of the molecule is COCC(O)CN(C)c1cnn(C)c(=O)c1Br. The van der Waals surface area contributed by atoms with E-state index >= 15 is 0 Å². The molecule has 0 fully saturated rings. The summed E-state index contributed by atoms with van der Waals surface area (Å²) in [5.74, 6) is 0. The average Bonchev–Trinajstić information content (AvgIpc) is 2.26. The lowest BCUT2D eigenvalue weighted by atomic mass is 10.3. The quantitative estimate of drug-likeness (QED) is 0.828. The molecule has 0 aromatic carbocycles. The third-order valence-corrected chi connectivity index (χ3v) is 3.06. The van der Waals surface area contributed by atoms with E-state index in [0.29, 0.717) is 16.7 Å². The monoisotopic (exact) mass is 305 g/mol. The minimum Gasteiger partial charge on any atom is -0.389 e. The van der Waals surface area contributed by atoms with Gasteiger partial charge in [-0.2, -0.15) is 5.10 Å². The lowest BCUT2D eigenvalue weighted by Gasteiger charge is -2.22. The largest absolute Gasteiger partial charge is 0.389 e. The van der Waals surface area contributed by atoms with Gasteiger partial charge in [0.1, 0.15) is 4.47 Å². The zero-order chi connectivity index (χ0) is 13.0. The van der Waals surface area contributed by atoms with Crippen molar-refractivity contribution < 1.29 is 9.84 Å². The first-order valence-corrected chi connectivity index (χ1v) is 5.86. The zero-order valence-corrected chi connectivity index (χ0v) is 11.6. The molecule has 0 saturated carbocycles. The molecule has 1 aromatic rings. The number of nitrogens with zero attached hydrogens (tertiary/aromatic N) is 3. The highest BCUT2D eigenvalue weighted by atomic mass is 79.9. The third-order valence-electron chi connectivity index (χ3n) is 2.31. The second kappa shape index (κ2) is 6.13. The van der Waals surface area contributed by atoms with Crippen molar-refractivity contribution >= 4 is 21.6 Å². The Labute approximate surface area is 108 Å². The number of aryl methyl sites for hydroxylation is 1. The normalized spacial score (nSPS) is 12.5. The van der Waals surface area contributed by atoms with Gasteiger partial charge in [-0.05, 0) is 15.9 Å². The molecule has 1 rings (SSSR count).